The molecule has 0 aliphatic heterocycles. The van der Waals surface area contributed by atoms with Gasteiger partial charge in [0, 0.05) is 10.3 Å². The zero-order valence-corrected chi connectivity index (χ0v) is 8.84. The standard InChI is InChI=1S/C9H11NS2/c1-9(2,6-10-7-11)8-4-3-5-12-8/h3-5H,6H2,1-2H3. The Morgan fingerprint density at radius 3 is 2.92 bits per heavy atom. The Hall–Kier alpha value is -0.500. The number of thiophene rings is 1. The molecule has 0 N–H and O–H groups in total. The van der Waals surface area contributed by atoms with Gasteiger partial charge in [0.05, 0.1) is 11.7 Å². The summed E-state index contributed by atoms with van der Waals surface area (Å²) in [7, 11) is 0. The molecule has 0 spiro atoms. The quantitative estimate of drug-likeness (QED) is 0.535. The van der Waals surface area contributed by atoms with E-state index in [-0.39, 0.29) is 5.41 Å². The maximum Gasteiger partial charge on any atom is 0.0592 e. The van der Waals surface area contributed by atoms with Crippen molar-refractivity contribution in [2.45, 2.75) is 19.3 Å². The largest absolute Gasteiger partial charge is 0.232 e. The number of isothiocyanates is 1. The summed E-state index contributed by atoms with van der Waals surface area (Å²) in [5.74, 6) is 0. The fourth-order valence-corrected chi connectivity index (χ4v) is 1.88. The molecule has 0 radical (unpaired) electrons. The SMILES string of the molecule is CC(C)(CN=C=S)c1cccs1. The van der Waals surface area contributed by atoms with E-state index in [1.165, 1.54) is 4.88 Å². The summed E-state index contributed by atoms with van der Waals surface area (Å²) in [6, 6.07) is 4.19. The molecule has 3 heteroatoms. The highest BCUT2D eigenvalue weighted by molar-refractivity contribution is 7.78. The van der Waals surface area contributed by atoms with Crippen LogP contribution in [-0.4, -0.2) is 11.7 Å². The molecule has 0 bridgehead atoms. The molecule has 1 aromatic rings. The van der Waals surface area contributed by atoms with Crippen LogP contribution in [0.15, 0.2) is 22.5 Å². The number of nitrogens with zero attached hydrogens (tertiary/aromatic N) is 1. The van der Waals surface area contributed by atoms with Crippen molar-refractivity contribution >= 4 is 28.7 Å². The molecule has 0 aliphatic rings. The maximum absolute atomic E-state index is 4.54. The van der Waals surface area contributed by atoms with Crippen molar-refractivity contribution in [3.05, 3.63) is 22.4 Å². The first kappa shape index (κ1) is 9.59. The molecule has 1 nitrogen and oxygen atoms in total. The van der Waals surface area contributed by atoms with Crippen molar-refractivity contribution in [3.8, 4) is 0 Å². The summed E-state index contributed by atoms with van der Waals surface area (Å²) in [6.07, 6.45) is 0. The van der Waals surface area contributed by atoms with Gasteiger partial charge in [0.2, 0.25) is 0 Å². The molecule has 0 saturated carbocycles. The van der Waals surface area contributed by atoms with Crippen molar-refractivity contribution in [1.29, 1.82) is 0 Å². The Bertz CT molecular complexity index is 281. The molecule has 0 amide bonds. The number of hydrogen-bond donors (Lipinski definition) is 0. The Morgan fingerprint density at radius 1 is 1.67 bits per heavy atom. The van der Waals surface area contributed by atoms with E-state index in [1.807, 2.05) is 0 Å². The van der Waals surface area contributed by atoms with E-state index in [9.17, 15) is 0 Å². The number of rotatable bonds is 3. The van der Waals surface area contributed by atoms with Gasteiger partial charge < -0.3 is 0 Å². The van der Waals surface area contributed by atoms with Crippen LogP contribution in [0.25, 0.3) is 0 Å². The molecule has 12 heavy (non-hydrogen) atoms. The smallest absolute Gasteiger partial charge is 0.0592 e. The second-order valence-corrected chi connectivity index (χ2v) is 4.40. The van der Waals surface area contributed by atoms with Crippen molar-refractivity contribution in [3.63, 3.8) is 0 Å². The summed E-state index contributed by atoms with van der Waals surface area (Å²) in [5.41, 5.74) is 0.0972. The summed E-state index contributed by atoms with van der Waals surface area (Å²) < 4.78 is 0. The van der Waals surface area contributed by atoms with Gasteiger partial charge >= 0.3 is 0 Å². The van der Waals surface area contributed by atoms with Crippen LogP contribution >= 0.6 is 23.6 Å². The topological polar surface area (TPSA) is 12.4 Å². The van der Waals surface area contributed by atoms with Crippen molar-refractivity contribution in [2.24, 2.45) is 4.99 Å². The third-order valence-corrected chi connectivity index (χ3v) is 3.09. The van der Waals surface area contributed by atoms with Gasteiger partial charge in [-0.05, 0) is 23.7 Å². The first-order chi connectivity index (χ1) is 5.67. The molecule has 1 aromatic heterocycles. The summed E-state index contributed by atoms with van der Waals surface area (Å²) in [6.45, 7) is 5.04. The Balaban J connectivity index is 2.78. The average molecular weight is 197 g/mol. The molecule has 0 fully saturated rings. The van der Waals surface area contributed by atoms with E-state index in [2.05, 4.69) is 53.7 Å². The van der Waals surface area contributed by atoms with Crippen LogP contribution in [0.4, 0.5) is 0 Å². The third kappa shape index (κ3) is 2.24. The zero-order valence-electron chi connectivity index (χ0n) is 7.20. The van der Waals surface area contributed by atoms with E-state index in [4.69, 9.17) is 0 Å². The number of hydrogen-bond acceptors (Lipinski definition) is 3. The molecule has 0 aliphatic carbocycles. The van der Waals surface area contributed by atoms with Crippen LogP contribution in [0.2, 0.25) is 0 Å². The minimum absolute atomic E-state index is 0.0972. The molecule has 0 unspecified atom stereocenters. The van der Waals surface area contributed by atoms with Gasteiger partial charge in [-0.25, -0.2) is 4.99 Å². The predicted molar refractivity (Wildman–Crippen MR) is 57.2 cm³/mol. The van der Waals surface area contributed by atoms with E-state index in [1.54, 1.807) is 11.3 Å². The predicted octanol–water partition coefficient (Wildman–Crippen LogP) is 3.13. The zero-order chi connectivity index (χ0) is 9.03. The van der Waals surface area contributed by atoms with Crippen molar-refractivity contribution < 1.29 is 0 Å². The van der Waals surface area contributed by atoms with Gasteiger partial charge in [-0.3, -0.25) is 0 Å². The van der Waals surface area contributed by atoms with E-state index < -0.39 is 0 Å². The molecular weight excluding hydrogens is 186 g/mol. The van der Waals surface area contributed by atoms with Gasteiger partial charge in [0.1, 0.15) is 0 Å². The molecule has 0 atom stereocenters. The minimum Gasteiger partial charge on any atom is -0.232 e. The fraction of sp³-hybridized carbons (Fsp3) is 0.444. The first-order valence-electron chi connectivity index (χ1n) is 3.74. The van der Waals surface area contributed by atoms with Gasteiger partial charge in [-0.2, -0.15) is 0 Å². The highest BCUT2D eigenvalue weighted by atomic mass is 32.1. The minimum atomic E-state index is 0.0972. The summed E-state index contributed by atoms with van der Waals surface area (Å²) in [5, 5.41) is 4.48. The normalized spacial score (nSPS) is 10.8. The van der Waals surface area contributed by atoms with Crippen molar-refractivity contribution in [2.75, 3.05) is 6.54 Å². The molecule has 0 saturated heterocycles. The van der Waals surface area contributed by atoms with Crippen LogP contribution in [0.1, 0.15) is 18.7 Å². The molecule has 0 aromatic carbocycles. The first-order valence-corrected chi connectivity index (χ1v) is 5.03. The van der Waals surface area contributed by atoms with E-state index in [0.29, 0.717) is 0 Å². The molecular formula is C9H11NS2. The monoisotopic (exact) mass is 197 g/mol. The van der Waals surface area contributed by atoms with Gasteiger partial charge in [0.25, 0.3) is 0 Å². The lowest BCUT2D eigenvalue weighted by Gasteiger charge is -2.19. The number of thiocarbonyl (C=S) groups is 1. The van der Waals surface area contributed by atoms with E-state index in [0.717, 1.165) is 6.54 Å². The van der Waals surface area contributed by atoms with E-state index >= 15 is 0 Å². The van der Waals surface area contributed by atoms with Crippen LogP contribution in [0.5, 0.6) is 0 Å². The van der Waals surface area contributed by atoms with Crippen LogP contribution in [-0.2, 0) is 5.41 Å². The second kappa shape index (κ2) is 3.94. The average Bonchev–Trinajstić information content (AvgIpc) is 2.53. The lowest BCUT2D eigenvalue weighted by Crippen LogP contribution is -2.19. The summed E-state index contributed by atoms with van der Waals surface area (Å²) >= 11 is 6.29. The van der Waals surface area contributed by atoms with Crippen LogP contribution in [0.3, 0.4) is 0 Å². The van der Waals surface area contributed by atoms with Gasteiger partial charge in [-0.1, -0.05) is 19.9 Å². The third-order valence-electron chi connectivity index (χ3n) is 1.73. The Labute approximate surface area is 82.2 Å². The summed E-state index contributed by atoms with van der Waals surface area (Å²) in [4.78, 5) is 5.31. The molecule has 1 rings (SSSR count). The van der Waals surface area contributed by atoms with Gasteiger partial charge in [0.15, 0.2) is 0 Å². The second-order valence-electron chi connectivity index (χ2n) is 3.27. The van der Waals surface area contributed by atoms with Gasteiger partial charge in [-0.15, -0.1) is 11.3 Å². The Kier molecular flexibility index (Phi) is 3.15. The highest BCUT2D eigenvalue weighted by Gasteiger charge is 2.20. The van der Waals surface area contributed by atoms with Crippen molar-refractivity contribution in [1.82, 2.24) is 0 Å². The lowest BCUT2D eigenvalue weighted by molar-refractivity contribution is 0.553. The Morgan fingerprint density at radius 2 is 2.42 bits per heavy atom. The lowest BCUT2D eigenvalue weighted by atomic mass is 9.92. The maximum atomic E-state index is 4.54. The van der Waals surface area contributed by atoms with Crippen LogP contribution in [0, 0.1) is 0 Å². The fourth-order valence-electron chi connectivity index (χ4n) is 0.971. The number of aliphatic imine (C=N–C) groups is 1. The highest BCUT2D eigenvalue weighted by Crippen LogP contribution is 2.27. The van der Waals surface area contributed by atoms with Crippen LogP contribution < -0.4 is 0 Å². The molecule has 1 heterocycles. The molecule has 64 valence electrons.